The van der Waals surface area contributed by atoms with Gasteiger partial charge in [-0.1, -0.05) is 24.3 Å². The van der Waals surface area contributed by atoms with E-state index in [1.807, 2.05) is 12.1 Å². The minimum absolute atomic E-state index is 0.192. The molecule has 0 saturated heterocycles. The van der Waals surface area contributed by atoms with Crippen molar-refractivity contribution in [3.8, 4) is 0 Å². The number of rotatable bonds is 4. The third-order valence-electron chi connectivity index (χ3n) is 3.99. The van der Waals surface area contributed by atoms with Crippen LogP contribution in [0.5, 0.6) is 0 Å². The van der Waals surface area contributed by atoms with E-state index in [2.05, 4.69) is 22.4 Å². The fourth-order valence-corrected chi connectivity index (χ4v) is 2.83. The molecule has 2 aromatic rings. The zero-order valence-corrected chi connectivity index (χ0v) is 12.5. The quantitative estimate of drug-likeness (QED) is 0.672. The van der Waals surface area contributed by atoms with Gasteiger partial charge in [-0.05, 0) is 60.6 Å². The largest absolute Gasteiger partial charge is 0.370 e. The Hall–Kier alpha value is -2.36. The van der Waals surface area contributed by atoms with Crippen molar-refractivity contribution < 1.29 is 4.39 Å². The monoisotopic (exact) mass is 297 g/mol. The molecule has 0 saturated carbocycles. The van der Waals surface area contributed by atoms with Gasteiger partial charge in [-0.2, -0.15) is 0 Å². The Morgan fingerprint density at radius 3 is 2.82 bits per heavy atom. The summed E-state index contributed by atoms with van der Waals surface area (Å²) in [6.07, 6.45) is 4.07. The maximum Gasteiger partial charge on any atom is 0.193 e. The van der Waals surface area contributed by atoms with Gasteiger partial charge in [-0.25, -0.2) is 4.39 Å². The van der Waals surface area contributed by atoms with Gasteiger partial charge in [0.2, 0.25) is 0 Å². The van der Waals surface area contributed by atoms with Gasteiger partial charge in [0.05, 0.1) is 0 Å². The fraction of sp³-hybridized carbons (Fsp3) is 0.278. The Morgan fingerprint density at radius 2 is 1.95 bits per heavy atom. The van der Waals surface area contributed by atoms with E-state index in [0.29, 0.717) is 24.5 Å². The highest BCUT2D eigenvalue weighted by Gasteiger charge is 2.10. The number of aryl methyl sites for hydroxylation is 2. The zero-order valence-electron chi connectivity index (χ0n) is 12.5. The molecule has 0 fully saturated rings. The van der Waals surface area contributed by atoms with E-state index < -0.39 is 0 Å². The van der Waals surface area contributed by atoms with Gasteiger partial charge in [0.15, 0.2) is 5.96 Å². The Kier molecular flexibility index (Phi) is 4.37. The average Bonchev–Trinajstić information content (AvgIpc) is 2.97. The van der Waals surface area contributed by atoms with Crippen LogP contribution in [-0.4, -0.2) is 12.5 Å². The van der Waals surface area contributed by atoms with Crippen LogP contribution in [0.3, 0.4) is 0 Å². The predicted molar refractivity (Wildman–Crippen MR) is 88.7 cm³/mol. The van der Waals surface area contributed by atoms with Gasteiger partial charge >= 0.3 is 0 Å². The number of benzene rings is 2. The van der Waals surface area contributed by atoms with Crippen LogP contribution < -0.4 is 11.1 Å². The molecule has 22 heavy (non-hydrogen) atoms. The first-order valence-electron chi connectivity index (χ1n) is 7.64. The zero-order chi connectivity index (χ0) is 15.4. The van der Waals surface area contributed by atoms with Crippen molar-refractivity contribution in [2.75, 3.05) is 11.9 Å². The number of hydrogen-bond donors (Lipinski definition) is 2. The van der Waals surface area contributed by atoms with E-state index >= 15 is 0 Å². The lowest BCUT2D eigenvalue weighted by molar-refractivity contribution is 0.609. The molecule has 4 heteroatoms. The van der Waals surface area contributed by atoms with Crippen LogP contribution in [0.15, 0.2) is 47.5 Å². The number of hydrogen-bond acceptors (Lipinski definition) is 1. The first kappa shape index (κ1) is 14.6. The van der Waals surface area contributed by atoms with E-state index in [9.17, 15) is 4.39 Å². The lowest BCUT2D eigenvalue weighted by Crippen LogP contribution is -2.23. The predicted octanol–water partition coefficient (Wildman–Crippen LogP) is 3.28. The molecule has 0 spiro atoms. The smallest absolute Gasteiger partial charge is 0.193 e. The van der Waals surface area contributed by atoms with E-state index in [-0.39, 0.29) is 5.82 Å². The van der Waals surface area contributed by atoms with Gasteiger partial charge < -0.3 is 11.1 Å². The molecule has 3 nitrogen and oxygen atoms in total. The third-order valence-corrected chi connectivity index (χ3v) is 3.99. The van der Waals surface area contributed by atoms with Crippen LogP contribution in [0.4, 0.5) is 10.1 Å². The lowest BCUT2D eigenvalue weighted by atomic mass is 10.1. The first-order valence-corrected chi connectivity index (χ1v) is 7.64. The summed E-state index contributed by atoms with van der Waals surface area (Å²) in [6, 6.07) is 13.1. The maximum absolute atomic E-state index is 13.5. The summed E-state index contributed by atoms with van der Waals surface area (Å²) in [7, 11) is 0. The number of nitrogens with two attached hydrogens (primary N) is 1. The molecular formula is C18H20FN3. The number of nitrogens with one attached hydrogen (secondary N) is 1. The SMILES string of the molecule is NC(=NCCc1ccccc1F)Nc1ccc2c(c1)CCC2. The molecule has 0 unspecified atom stereocenters. The Bertz CT molecular complexity index is 694. The molecule has 1 aliphatic carbocycles. The van der Waals surface area contributed by atoms with E-state index in [4.69, 9.17) is 5.73 Å². The molecule has 1 aliphatic rings. The maximum atomic E-state index is 13.5. The highest BCUT2D eigenvalue weighted by atomic mass is 19.1. The molecule has 3 rings (SSSR count). The summed E-state index contributed by atoms with van der Waals surface area (Å²) in [4.78, 5) is 4.27. The molecule has 0 heterocycles. The lowest BCUT2D eigenvalue weighted by Gasteiger charge is -2.08. The number of anilines is 1. The fourth-order valence-electron chi connectivity index (χ4n) is 2.83. The van der Waals surface area contributed by atoms with Gasteiger partial charge in [0.25, 0.3) is 0 Å². The topological polar surface area (TPSA) is 50.4 Å². The number of halogens is 1. The van der Waals surface area contributed by atoms with Crippen LogP contribution in [0.1, 0.15) is 23.1 Å². The summed E-state index contributed by atoms with van der Waals surface area (Å²) in [6.45, 7) is 0.463. The molecule has 0 bridgehead atoms. The van der Waals surface area contributed by atoms with Crippen molar-refractivity contribution in [3.05, 3.63) is 65.0 Å². The van der Waals surface area contributed by atoms with Crippen molar-refractivity contribution >= 4 is 11.6 Å². The highest BCUT2D eigenvalue weighted by Crippen LogP contribution is 2.24. The van der Waals surface area contributed by atoms with Crippen LogP contribution >= 0.6 is 0 Å². The second kappa shape index (κ2) is 6.60. The van der Waals surface area contributed by atoms with E-state index in [0.717, 1.165) is 12.1 Å². The highest BCUT2D eigenvalue weighted by molar-refractivity contribution is 5.92. The van der Waals surface area contributed by atoms with Crippen LogP contribution in [0, 0.1) is 5.82 Å². The van der Waals surface area contributed by atoms with Crippen molar-refractivity contribution in [2.45, 2.75) is 25.7 Å². The van der Waals surface area contributed by atoms with Gasteiger partial charge in [-0.3, -0.25) is 4.99 Å². The molecule has 0 aliphatic heterocycles. The number of aliphatic imine (C=N–C) groups is 1. The van der Waals surface area contributed by atoms with Crippen molar-refractivity contribution in [2.24, 2.45) is 10.7 Å². The van der Waals surface area contributed by atoms with Crippen molar-refractivity contribution in [1.29, 1.82) is 0 Å². The second-order valence-corrected chi connectivity index (χ2v) is 5.57. The minimum Gasteiger partial charge on any atom is -0.370 e. The molecule has 0 amide bonds. The summed E-state index contributed by atoms with van der Waals surface area (Å²) < 4.78 is 13.5. The van der Waals surface area contributed by atoms with Crippen LogP contribution in [0.25, 0.3) is 0 Å². The van der Waals surface area contributed by atoms with Crippen LogP contribution in [-0.2, 0) is 19.3 Å². The van der Waals surface area contributed by atoms with Gasteiger partial charge in [-0.15, -0.1) is 0 Å². The molecule has 114 valence electrons. The van der Waals surface area contributed by atoms with E-state index in [1.54, 1.807) is 12.1 Å². The van der Waals surface area contributed by atoms with E-state index in [1.165, 1.54) is 30.0 Å². The number of fused-ring (bicyclic) bond motifs is 1. The standard InChI is InChI=1S/C18H20FN3/c19-17-7-2-1-4-14(17)10-11-21-18(20)22-16-9-8-13-5-3-6-15(13)12-16/h1-2,4,7-9,12H,3,5-6,10-11H2,(H3,20,21,22). The molecule has 0 aromatic heterocycles. The summed E-state index contributed by atoms with van der Waals surface area (Å²) in [5.74, 6) is 0.178. The van der Waals surface area contributed by atoms with Crippen molar-refractivity contribution in [3.63, 3.8) is 0 Å². The number of nitrogens with zero attached hydrogens (tertiary/aromatic N) is 1. The average molecular weight is 297 g/mol. The van der Waals surface area contributed by atoms with Crippen molar-refractivity contribution in [1.82, 2.24) is 0 Å². The normalized spacial score (nSPS) is 14.0. The van der Waals surface area contributed by atoms with Gasteiger partial charge in [0.1, 0.15) is 5.82 Å². The first-order chi connectivity index (χ1) is 10.7. The minimum atomic E-state index is -0.192. The molecule has 2 aromatic carbocycles. The third kappa shape index (κ3) is 3.45. The summed E-state index contributed by atoms with van der Waals surface area (Å²) >= 11 is 0. The summed E-state index contributed by atoms with van der Waals surface area (Å²) in [5, 5.41) is 3.11. The molecular weight excluding hydrogens is 277 g/mol. The van der Waals surface area contributed by atoms with Gasteiger partial charge in [0, 0.05) is 12.2 Å². The Labute approximate surface area is 130 Å². The molecule has 0 radical (unpaired) electrons. The van der Waals surface area contributed by atoms with Crippen LogP contribution in [0.2, 0.25) is 0 Å². The number of guanidine groups is 1. The summed E-state index contributed by atoms with van der Waals surface area (Å²) in [5.41, 5.74) is 10.4. The Balaban J connectivity index is 1.57. The molecule has 0 atom stereocenters. The Morgan fingerprint density at radius 1 is 1.14 bits per heavy atom. The second-order valence-electron chi connectivity index (χ2n) is 5.57. The molecule has 3 N–H and O–H groups in total.